The maximum Gasteiger partial charge on any atom is 0.221 e. The first-order chi connectivity index (χ1) is 11.0. The largest absolute Gasteiger partial charge is 0.494 e. The molecule has 3 N–H and O–H groups in total. The zero-order valence-corrected chi connectivity index (χ0v) is 14.1. The first-order valence-electron chi connectivity index (χ1n) is 8.49. The quantitative estimate of drug-likeness (QED) is 0.842. The molecule has 0 saturated heterocycles. The van der Waals surface area contributed by atoms with Crippen LogP contribution in [0.2, 0.25) is 0 Å². The second-order valence-electron chi connectivity index (χ2n) is 6.76. The van der Waals surface area contributed by atoms with E-state index in [0.29, 0.717) is 18.9 Å². The third-order valence-electron chi connectivity index (χ3n) is 4.37. The number of hydrogen-bond acceptors (Lipinski definition) is 4. The molecular weight excluding hydrogens is 292 g/mol. The van der Waals surface area contributed by atoms with Crippen molar-refractivity contribution < 1.29 is 14.3 Å². The van der Waals surface area contributed by atoms with Gasteiger partial charge in [-0.25, -0.2) is 0 Å². The van der Waals surface area contributed by atoms with Crippen LogP contribution < -0.4 is 20.5 Å². The van der Waals surface area contributed by atoms with E-state index in [1.54, 1.807) is 0 Å². The number of ether oxygens (including phenoxy) is 2. The number of hydrogen-bond donors (Lipinski definition) is 2. The van der Waals surface area contributed by atoms with Crippen LogP contribution >= 0.6 is 0 Å². The van der Waals surface area contributed by atoms with E-state index in [1.807, 2.05) is 13.8 Å². The van der Waals surface area contributed by atoms with Gasteiger partial charge in [-0.3, -0.25) is 4.79 Å². The summed E-state index contributed by atoms with van der Waals surface area (Å²) in [6.07, 6.45) is 2.45. The molecule has 3 rings (SSSR count). The molecule has 5 heteroatoms. The zero-order valence-electron chi connectivity index (χ0n) is 14.1. The molecule has 1 saturated carbocycles. The number of carbonyl (C=O) groups excluding carboxylic acids is 1. The molecule has 1 aliphatic heterocycles. The molecule has 4 unspecified atom stereocenters. The van der Waals surface area contributed by atoms with Crippen LogP contribution in [0.1, 0.15) is 50.7 Å². The van der Waals surface area contributed by atoms with Crippen LogP contribution in [0.25, 0.3) is 0 Å². The lowest BCUT2D eigenvalue weighted by molar-refractivity contribution is -0.121. The van der Waals surface area contributed by atoms with Crippen LogP contribution in [0.4, 0.5) is 0 Å². The Morgan fingerprint density at radius 2 is 2.30 bits per heavy atom. The highest BCUT2D eigenvalue weighted by atomic mass is 16.5. The van der Waals surface area contributed by atoms with E-state index in [0.717, 1.165) is 29.9 Å². The van der Waals surface area contributed by atoms with Crippen molar-refractivity contribution in [1.29, 1.82) is 0 Å². The van der Waals surface area contributed by atoms with Crippen molar-refractivity contribution in [3.8, 4) is 11.5 Å². The van der Waals surface area contributed by atoms with E-state index in [4.69, 9.17) is 15.2 Å². The number of amides is 1. The molecule has 23 heavy (non-hydrogen) atoms. The minimum absolute atomic E-state index is 0.0245. The Morgan fingerprint density at radius 3 is 3.00 bits per heavy atom. The lowest BCUT2D eigenvalue weighted by Crippen LogP contribution is -2.31. The molecule has 0 spiro atoms. The van der Waals surface area contributed by atoms with Crippen molar-refractivity contribution in [3.63, 3.8) is 0 Å². The molecule has 1 fully saturated rings. The first kappa shape index (κ1) is 16.1. The second kappa shape index (κ2) is 6.40. The highest BCUT2D eigenvalue weighted by Gasteiger charge is 2.42. The molecule has 126 valence electrons. The summed E-state index contributed by atoms with van der Waals surface area (Å²) in [4.78, 5) is 11.9. The van der Waals surface area contributed by atoms with Gasteiger partial charge in [0, 0.05) is 42.0 Å². The maximum absolute atomic E-state index is 11.9. The number of nitrogens with two attached hydrogens (primary N) is 1. The summed E-state index contributed by atoms with van der Waals surface area (Å²) in [5.74, 6) is 2.22. The van der Waals surface area contributed by atoms with Crippen LogP contribution in [-0.4, -0.2) is 30.7 Å². The van der Waals surface area contributed by atoms with Gasteiger partial charge in [-0.1, -0.05) is 0 Å². The minimum atomic E-state index is -0.110. The standard InChI is InChI=1S/C18H26N2O3/c1-4-22-17-7-12-6-11(3)23-16(12)9-14(17)13-8-15(13)20-18(21)5-10(2)19/h7,9-11,13,15H,4-6,8,19H2,1-3H3,(H,20,21). The summed E-state index contributed by atoms with van der Waals surface area (Å²) < 4.78 is 11.7. The number of fused-ring (bicyclic) bond motifs is 1. The lowest BCUT2D eigenvalue weighted by atomic mass is 10.0. The number of benzene rings is 1. The zero-order chi connectivity index (χ0) is 16.6. The molecule has 0 aromatic heterocycles. The number of nitrogens with one attached hydrogen (secondary N) is 1. The average Bonchev–Trinajstić information content (AvgIpc) is 3.09. The lowest BCUT2D eigenvalue weighted by Gasteiger charge is -2.13. The topological polar surface area (TPSA) is 73.6 Å². The third-order valence-corrected chi connectivity index (χ3v) is 4.37. The van der Waals surface area contributed by atoms with Gasteiger partial charge in [0.25, 0.3) is 0 Å². The monoisotopic (exact) mass is 318 g/mol. The first-order valence-corrected chi connectivity index (χ1v) is 8.49. The molecule has 1 amide bonds. The summed E-state index contributed by atoms with van der Waals surface area (Å²) in [5, 5.41) is 3.06. The maximum atomic E-state index is 11.9. The van der Waals surface area contributed by atoms with Crippen molar-refractivity contribution in [2.24, 2.45) is 5.73 Å². The Kier molecular flexibility index (Phi) is 4.48. The van der Waals surface area contributed by atoms with Crippen LogP contribution in [0.5, 0.6) is 11.5 Å². The smallest absolute Gasteiger partial charge is 0.221 e. The van der Waals surface area contributed by atoms with Crippen molar-refractivity contribution in [1.82, 2.24) is 5.32 Å². The van der Waals surface area contributed by atoms with Gasteiger partial charge in [0.05, 0.1) is 6.61 Å². The predicted octanol–water partition coefficient (Wildman–Crippen LogP) is 2.12. The fourth-order valence-electron chi connectivity index (χ4n) is 3.28. The predicted molar refractivity (Wildman–Crippen MR) is 89.0 cm³/mol. The van der Waals surface area contributed by atoms with Crippen molar-refractivity contribution in [3.05, 3.63) is 23.3 Å². The van der Waals surface area contributed by atoms with Crippen LogP contribution in [0.3, 0.4) is 0 Å². The molecule has 0 radical (unpaired) electrons. The van der Waals surface area contributed by atoms with Gasteiger partial charge in [-0.05, 0) is 39.3 Å². The van der Waals surface area contributed by atoms with Gasteiger partial charge in [-0.15, -0.1) is 0 Å². The van der Waals surface area contributed by atoms with Gasteiger partial charge in [-0.2, -0.15) is 0 Å². The Morgan fingerprint density at radius 1 is 1.52 bits per heavy atom. The van der Waals surface area contributed by atoms with E-state index >= 15 is 0 Å². The molecule has 1 aromatic carbocycles. The molecule has 2 aliphatic rings. The number of rotatable bonds is 6. The number of carbonyl (C=O) groups is 1. The molecule has 0 bridgehead atoms. The average molecular weight is 318 g/mol. The van der Waals surface area contributed by atoms with E-state index in [1.165, 1.54) is 5.56 Å². The Balaban J connectivity index is 1.73. The van der Waals surface area contributed by atoms with Crippen molar-refractivity contribution in [2.75, 3.05) is 6.61 Å². The summed E-state index contributed by atoms with van der Waals surface area (Å²) in [6.45, 7) is 6.55. The molecule has 4 atom stereocenters. The summed E-state index contributed by atoms with van der Waals surface area (Å²) in [5.41, 5.74) is 8.03. The molecular formula is C18H26N2O3. The van der Waals surface area contributed by atoms with Crippen molar-refractivity contribution in [2.45, 2.75) is 64.1 Å². The summed E-state index contributed by atoms with van der Waals surface area (Å²) in [7, 11) is 0. The van der Waals surface area contributed by atoms with Crippen LogP contribution in [-0.2, 0) is 11.2 Å². The third kappa shape index (κ3) is 3.61. The Hall–Kier alpha value is -1.75. The Bertz CT molecular complexity index is 600. The summed E-state index contributed by atoms with van der Waals surface area (Å²) in [6, 6.07) is 4.28. The highest BCUT2D eigenvalue weighted by Crippen LogP contribution is 2.48. The van der Waals surface area contributed by atoms with Crippen LogP contribution in [0.15, 0.2) is 12.1 Å². The van der Waals surface area contributed by atoms with E-state index in [2.05, 4.69) is 24.4 Å². The SMILES string of the molecule is CCOc1cc2c(cc1C1CC1NC(=O)CC(C)N)OC(C)C2. The fourth-order valence-corrected chi connectivity index (χ4v) is 3.28. The van der Waals surface area contributed by atoms with E-state index in [9.17, 15) is 4.79 Å². The molecule has 1 aliphatic carbocycles. The molecule has 1 heterocycles. The second-order valence-corrected chi connectivity index (χ2v) is 6.76. The summed E-state index contributed by atoms with van der Waals surface area (Å²) >= 11 is 0. The minimum Gasteiger partial charge on any atom is -0.494 e. The van der Waals surface area contributed by atoms with Gasteiger partial charge in [0.1, 0.15) is 17.6 Å². The highest BCUT2D eigenvalue weighted by molar-refractivity contribution is 5.77. The van der Waals surface area contributed by atoms with Gasteiger partial charge in [0.2, 0.25) is 5.91 Å². The van der Waals surface area contributed by atoms with E-state index in [-0.39, 0.29) is 24.1 Å². The van der Waals surface area contributed by atoms with Gasteiger partial charge >= 0.3 is 0 Å². The van der Waals surface area contributed by atoms with Crippen LogP contribution in [0, 0.1) is 0 Å². The van der Waals surface area contributed by atoms with Crippen molar-refractivity contribution >= 4 is 5.91 Å². The van der Waals surface area contributed by atoms with Gasteiger partial charge in [0.15, 0.2) is 0 Å². The Labute approximate surface area is 137 Å². The molecule has 5 nitrogen and oxygen atoms in total. The fraction of sp³-hybridized carbons (Fsp3) is 0.611. The normalized spacial score (nSPS) is 26.2. The molecule has 1 aromatic rings. The van der Waals surface area contributed by atoms with E-state index < -0.39 is 0 Å². The van der Waals surface area contributed by atoms with Gasteiger partial charge < -0.3 is 20.5 Å².